The number of unbranched alkanes of at least 4 members (excludes halogenated alkanes) is 5. The molecule has 0 aliphatic rings. The van der Waals surface area contributed by atoms with E-state index in [0.717, 1.165) is 12.8 Å². The van der Waals surface area contributed by atoms with Crippen molar-refractivity contribution in [1.29, 1.82) is 0 Å². The summed E-state index contributed by atoms with van der Waals surface area (Å²) in [6, 6.07) is 14.8. The van der Waals surface area contributed by atoms with Gasteiger partial charge in [-0.1, -0.05) is 94.8 Å². The average Bonchev–Trinajstić information content (AvgIpc) is 2.59. The summed E-state index contributed by atoms with van der Waals surface area (Å²) in [4.78, 5) is 10.5. The second-order valence-electron chi connectivity index (χ2n) is 6.59. The van der Waals surface area contributed by atoms with Crippen LogP contribution >= 0.6 is 0 Å². The number of carbonyl (C=O) groups is 1. The summed E-state index contributed by atoms with van der Waals surface area (Å²) in [5.41, 5.74) is 1.35. The van der Waals surface area contributed by atoms with Crippen LogP contribution in [-0.4, -0.2) is 11.1 Å². The van der Waals surface area contributed by atoms with Gasteiger partial charge in [0.05, 0.1) is 5.92 Å². The van der Waals surface area contributed by atoms with Gasteiger partial charge in [0.25, 0.3) is 0 Å². The summed E-state index contributed by atoms with van der Waals surface area (Å²) in [5.74, 6) is -0.820. The largest absolute Gasteiger partial charge is 0.481 e. The van der Waals surface area contributed by atoms with E-state index in [9.17, 15) is 4.79 Å². The van der Waals surface area contributed by atoms with Crippen molar-refractivity contribution in [2.75, 3.05) is 0 Å². The van der Waals surface area contributed by atoms with Crippen molar-refractivity contribution < 1.29 is 9.90 Å². The number of fused-ring (bicyclic) bond motifs is 1. The molecule has 0 aliphatic heterocycles. The molecule has 24 heavy (non-hydrogen) atoms. The van der Waals surface area contributed by atoms with Crippen molar-refractivity contribution in [2.24, 2.45) is 5.92 Å². The van der Waals surface area contributed by atoms with E-state index in [1.54, 1.807) is 6.92 Å². The standard InChI is InChI=1S/C11H22O2.C11H10/c1-3-4-5-6-7-8-9-10(2)11(12)13;1-9-5-4-7-10-6-2-3-8-11(9)10/h10H,3-9H2,1-2H3,(H,12,13);2-8H,1H3. The van der Waals surface area contributed by atoms with Gasteiger partial charge in [-0.3, -0.25) is 4.79 Å². The van der Waals surface area contributed by atoms with Crippen LogP contribution in [0.15, 0.2) is 42.5 Å². The molecule has 0 bridgehead atoms. The second kappa shape index (κ2) is 11.7. The summed E-state index contributed by atoms with van der Waals surface area (Å²) >= 11 is 0. The third-order valence-corrected chi connectivity index (χ3v) is 4.42. The van der Waals surface area contributed by atoms with E-state index in [0.29, 0.717) is 0 Å². The molecule has 0 saturated carbocycles. The molecule has 2 nitrogen and oxygen atoms in total. The van der Waals surface area contributed by atoms with Crippen molar-refractivity contribution in [3.05, 3.63) is 48.0 Å². The highest BCUT2D eigenvalue weighted by molar-refractivity contribution is 5.85. The third kappa shape index (κ3) is 7.63. The molecule has 0 amide bonds. The maximum atomic E-state index is 10.5. The molecule has 0 heterocycles. The highest BCUT2D eigenvalue weighted by Crippen LogP contribution is 2.16. The first kappa shape index (κ1) is 20.2. The van der Waals surface area contributed by atoms with E-state index in [1.165, 1.54) is 48.4 Å². The van der Waals surface area contributed by atoms with E-state index < -0.39 is 5.97 Å². The lowest BCUT2D eigenvalue weighted by atomic mass is 10.0. The number of benzene rings is 2. The minimum Gasteiger partial charge on any atom is -0.481 e. The maximum absolute atomic E-state index is 10.5. The van der Waals surface area contributed by atoms with Gasteiger partial charge >= 0.3 is 5.97 Å². The van der Waals surface area contributed by atoms with Crippen LogP contribution in [0.5, 0.6) is 0 Å². The Labute approximate surface area is 146 Å². The van der Waals surface area contributed by atoms with E-state index >= 15 is 0 Å². The number of aryl methyl sites for hydroxylation is 1. The predicted octanol–water partition coefficient (Wildman–Crippen LogP) is 6.61. The topological polar surface area (TPSA) is 37.3 Å². The zero-order chi connectivity index (χ0) is 17.8. The first-order valence-electron chi connectivity index (χ1n) is 9.23. The van der Waals surface area contributed by atoms with Crippen LogP contribution in [0.4, 0.5) is 0 Å². The Morgan fingerprint density at radius 2 is 1.58 bits per heavy atom. The van der Waals surface area contributed by atoms with Crippen LogP contribution in [-0.2, 0) is 4.79 Å². The van der Waals surface area contributed by atoms with Crippen molar-refractivity contribution in [2.45, 2.75) is 65.7 Å². The Kier molecular flexibility index (Phi) is 9.83. The molecule has 132 valence electrons. The van der Waals surface area contributed by atoms with Crippen molar-refractivity contribution in [3.8, 4) is 0 Å². The summed E-state index contributed by atoms with van der Waals surface area (Å²) < 4.78 is 0. The molecule has 0 fully saturated rings. The molecular formula is C22H32O2. The van der Waals surface area contributed by atoms with E-state index in [-0.39, 0.29) is 5.92 Å². The molecule has 2 heteroatoms. The lowest BCUT2D eigenvalue weighted by molar-refractivity contribution is -0.141. The number of carboxylic acid groups (broad SMARTS) is 1. The van der Waals surface area contributed by atoms with Crippen LogP contribution in [0.1, 0.15) is 64.4 Å². The summed E-state index contributed by atoms with van der Waals surface area (Å²) in [6.07, 6.45) is 8.24. The Balaban J connectivity index is 0.000000242. The quantitative estimate of drug-likeness (QED) is 0.554. The smallest absolute Gasteiger partial charge is 0.306 e. The number of carboxylic acids is 1. The van der Waals surface area contributed by atoms with Gasteiger partial charge in [0, 0.05) is 0 Å². The molecule has 1 atom stereocenters. The van der Waals surface area contributed by atoms with E-state index in [4.69, 9.17) is 5.11 Å². The van der Waals surface area contributed by atoms with Crippen LogP contribution in [0, 0.1) is 12.8 Å². The molecule has 0 saturated heterocycles. The van der Waals surface area contributed by atoms with Crippen LogP contribution in [0.3, 0.4) is 0 Å². The number of hydrogen-bond acceptors (Lipinski definition) is 1. The van der Waals surface area contributed by atoms with Crippen LogP contribution in [0.25, 0.3) is 10.8 Å². The molecular weight excluding hydrogens is 296 g/mol. The van der Waals surface area contributed by atoms with Gasteiger partial charge in [-0.05, 0) is 29.7 Å². The normalized spacial score (nSPS) is 11.6. The molecule has 0 aliphatic carbocycles. The average molecular weight is 328 g/mol. The Morgan fingerprint density at radius 3 is 2.25 bits per heavy atom. The van der Waals surface area contributed by atoms with Crippen molar-refractivity contribution >= 4 is 16.7 Å². The number of aliphatic carboxylic acids is 1. The molecule has 1 unspecified atom stereocenters. The minimum absolute atomic E-state index is 0.161. The van der Waals surface area contributed by atoms with Crippen molar-refractivity contribution in [3.63, 3.8) is 0 Å². The third-order valence-electron chi connectivity index (χ3n) is 4.42. The highest BCUT2D eigenvalue weighted by Gasteiger charge is 2.09. The fourth-order valence-corrected chi connectivity index (χ4v) is 2.74. The number of rotatable bonds is 8. The van der Waals surface area contributed by atoms with Crippen molar-refractivity contribution in [1.82, 2.24) is 0 Å². The lowest BCUT2D eigenvalue weighted by Crippen LogP contribution is -2.08. The SMILES string of the molecule is CCCCCCCCC(C)C(=O)O.Cc1cccc2ccccc12. The first-order valence-corrected chi connectivity index (χ1v) is 9.23. The number of hydrogen-bond donors (Lipinski definition) is 1. The van der Waals surface area contributed by atoms with Gasteiger partial charge in [0.2, 0.25) is 0 Å². The zero-order valence-corrected chi connectivity index (χ0v) is 15.4. The zero-order valence-electron chi connectivity index (χ0n) is 15.4. The van der Waals surface area contributed by atoms with Gasteiger partial charge in [-0.25, -0.2) is 0 Å². The second-order valence-corrected chi connectivity index (χ2v) is 6.59. The summed E-state index contributed by atoms with van der Waals surface area (Å²) in [5, 5.41) is 11.3. The van der Waals surface area contributed by atoms with E-state index in [1.807, 2.05) is 0 Å². The molecule has 2 aromatic rings. The minimum atomic E-state index is -0.659. The molecule has 2 rings (SSSR count). The van der Waals surface area contributed by atoms with E-state index in [2.05, 4.69) is 56.3 Å². The fourth-order valence-electron chi connectivity index (χ4n) is 2.74. The first-order chi connectivity index (χ1) is 11.6. The fraction of sp³-hybridized carbons (Fsp3) is 0.500. The van der Waals surface area contributed by atoms with Crippen LogP contribution < -0.4 is 0 Å². The Morgan fingerprint density at radius 1 is 0.958 bits per heavy atom. The van der Waals surface area contributed by atoms with Gasteiger partial charge in [-0.2, -0.15) is 0 Å². The maximum Gasteiger partial charge on any atom is 0.306 e. The molecule has 0 radical (unpaired) electrons. The monoisotopic (exact) mass is 328 g/mol. The van der Waals surface area contributed by atoms with Gasteiger partial charge in [-0.15, -0.1) is 0 Å². The molecule has 0 spiro atoms. The predicted molar refractivity (Wildman–Crippen MR) is 103 cm³/mol. The summed E-state index contributed by atoms with van der Waals surface area (Å²) in [6.45, 7) is 6.13. The Hall–Kier alpha value is -1.83. The van der Waals surface area contributed by atoms with Gasteiger partial charge in [0.15, 0.2) is 0 Å². The molecule has 2 aromatic carbocycles. The molecule has 0 aromatic heterocycles. The van der Waals surface area contributed by atoms with Gasteiger partial charge in [0.1, 0.15) is 0 Å². The van der Waals surface area contributed by atoms with Crippen LogP contribution in [0.2, 0.25) is 0 Å². The lowest BCUT2D eigenvalue weighted by Gasteiger charge is -2.04. The molecule has 1 N–H and O–H groups in total. The van der Waals surface area contributed by atoms with Gasteiger partial charge < -0.3 is 5.11 Å². The highest BCUT2D eigenvalue weighted by atomic mass is 16.4. The Bertz CT molecular complexity index is 598. The summed E-state index contributed by atoms with van der Waals surface area (Å²) in [7, 11) is 0.